The third kappa shape index (κ3) is 2.86. The zero-order chi connectivity index (χ0) is 12.3. The average molecular weight is 291 g/mol. The molecule has 0 saturated heterocycles. The van der Waals surface area contributed by atoms with E-state index in [1.165, 1.54) is 5.69 Å². The monoisotopic (exact) mass is 290 g/mol. The van der Waals surface area contributed by atoms with Crippen molar-refractivity contribution in [3.05, 3.63) is 58.8 Å². The number of aromatic nitrogens is 2. The molecule has 0 N–H and O–H groups in total. The number of aryl methyl sites for hydroxylation is 2. The zero-order valence-corrected chi connectivity index (χ0v) is 11.4. The average Bonchev–Trinajstić information content (AvgIpc) is 2.68. The van der Waals surface area contributed by atoms with Gasteiger partial charge >= 0.3 is 0 Å². The van der Waals surface area contributed by atoms with Crippen molar-refractivity contribution in [2.45, 2.75) is 19.8 Å². The lowest BCUT2D eigenvalue weighted by Gasteiger charge is -2.06. The minimum atomic E-state index is 0.969. The molecule has 2 aromatic rings. The van der Waals surface area contributed by atoms with Crippen LogP contribution >= 0.6 is 15.9 Å². The number of allylic oxidation sites excluding steroid dienone is 1. The summed E-state index contributed by atoms with van der Waals surface area (Å²) in [6.07, 6.45) is 3.88. The molecule has 0 radical (unpaired) electrons. The van der Waals surface area contributed by atoms with Crippen LogP contribution in [0.15, 0.2) is 47.5 Å². The fourth-order valence-electron chi connectivity index (χ4n) is 1.81. The van der Waals surface area contributed by atoms with Gasteiger partial charge in [0.1, 0.15) is 0 Å². The first-order valence-corrected chi connectivity index (χ1v) is 6.42. The summed E-state index contributed by atoms with van der Waals surface area (Å²) in [5.74, 6) is 0. The second-order valence-electron chi connectivity index (χ2n) is 4.00. The summed E-state index contributed by atoms with van der Waals surface area (Å²) in [7, 11) is 0. The molecule has 1 aromatic carbocycles. The smallest absolute Gasteiger partial charge is 0.0660 e. The van der Waals surface area contributed by atoms with Crippen LogP contribution in [0.25, 0.3) is 5.69 Å². The molecular formula is C14H15BrN2. The maximum atomic E-state index is 4.54. The lowest BCUT2D eigenvalue weighted by atomic mass is 10.2. The van der Waals surface area contributed by atoms with Crippen molar-refractivity contribution in [3.63, 3.8) is 0 Å². The molecule has 0 atom stereocenters. The van der Waals surface area contributed by atoms with E-state index < -0.39 is 0 Å². The molecule has 1 heterocycles. The molecule has 2 rings (SSSR count). The Bertz CT molecular complexity index is 529. The predicted octanol–water partition coefficient (Wildman–Crippen LogP) is 4.06. The lowest BCUT2D eigenvalue weighted by Crippen LogP contribution is -2.02. The minimum absolute atomic E-state index is 0.969. The Morgan fingerprint density at radius 3 is 2.94 bits per heavy atom. The standard InChI is InChI=1S/C14H15BrN2/c1-3-4-7-13-9-11(2)16-17(13)14-8-5-6-12(15)10-14/h3,5-6,8-10H,1,4,7H2,2H3. The molecule has 0 aliphatic heterocycles. The van der Waals surface area contributed by atoms with Gasteiger partial charge in [-0.2, -0.15) is 5.10 Å². The van der Waals surface area contributed by atoms with Crippen LogP contribution < -0.4 is 0 Å². The normalized spacial score (nSPS) is 10.5. The van der Waals surface area contributed by atoms with Crippen LogP contribution in [0, 0.1) is 6.92 Å². The quantitative estimate of drug-likeness (QED) is 0.777. The van der Waals surface area contributed by atoms with Crippen LogP contribution in [0.4, 0.5) is 0 Å². The topological polar surface area (TPSA) is 17.8 Å². The first kappa shape index (κ1) is 12.1. The van der Waals surface area contributed by atoms with Gasteiger partial charge in [-0.1, -0.05) is 28.1 Å². The SMILES string of the molecule is C=CCCc1cc(C)nn1-c1cccc(Br)c1. The minimum Gasteiger partial charge on any atom is -0.238 e. The summed E-state index contributed by atoms with van der Waals surface area (Å²) in [6.45, 7) is 5.78. The van der Waals surface area contributed by atoms with Gasteiger partial charge in [0.15, 0.2) is 0 Å². The summed E-state index contributed by atoms with van der Waals surface area (Å²) in [5.41, 5.74) is 3.36. The lowest BCUT2D eigenvalue weighted by molar-refractivity contribution is 0.786. The number of rotatable bonds is 4. The number of hydrogen-bond acceptors (Lipinski definition) is 1. The Labute approximate surface area is 110 Å². The van der Waals surface area contributed by atoms with Crippen molar-refractivity contribution in [1.82, 2.24) is 9.78 Å². The van der Waals surface area contributed by atoms with E-state index in [1.54, 1.807) is 0 Å². The molecular weight excluding hydrogens is 276 g/mol. The molecule has 3 heteroatoms. The number of hydrogen-bond donors (Lipinski definition) is 0. The Hall–Kier alpha value is -1.35. The van der Waals surface area contributed by atoms with E-state index in [0.29, 0.717) is 0 Å². The predicted molar refractivity (Wildman–Crippen MR) is 74.5 cm³/mol. The van der Waals surface area contributed by atoms with Crippen LogP contribution in [0.3, 0.4) is 0 Å². The van der Waals surface area contributed by atoms with Crippen LogP contribution in [0.1, 0.15) is 17.8 Å². The highest BCUT2D eigenvalue weighted by Crippen LogP contribution is 2.18. The van der Waals surface area contributed by atoms with E-state index in [0.717, 1.165) is 28.7 Å². The molecule has 2 nitrogen and oxygen atoms in total. The van der Waals surface area contributed by atoms with Crippen molar-refractivity contribution in [3.8, 4) is 5.69 Å². The van der Waals surface area contributed by atoms with Gasteiger partial charge < -0.3 is 0 Å². The molecule has 17 heavy (non-hydrogen) atoms. The van der Waals surface area contributed by atoms with E-state index in [4.69, 9.17) is 0 Å². The second kappa shape index (κ2) is 5.32. The van der Waals surface area contributed by atoms with E-state index in [9.17, 15) is 0 Å². The Kier molecular flexibility index (Phi) is 3.79. The van der Waals surface area contributed by atoms with Crippen molar-refractivity contribution in [1.29, 1.82) is 0 Å². The van der Waals surface area contributed by atoms with Gasteiger partial charge in [0.05, 0.1) is 11.4 Å². The Morgan fingerprint density at radius 2 is 2.24 bits per heavy atom. The fourth-order valence-corrected chi connectivity index (χ4v) is 2.20. The summed E-state index contributed by atoms with van der Waals surface area (Å²) >= 11 is 3.49. The summed E-state index contributed by atoms with van der Waals surface area (Å²) in [6, 6.07) is 10.3. The Balaban J connectivity index is 2.40. The maximum Gasteiger partial charge on any atom is 0.0660 e. The van der Waals surface area contributed by atoms with Crippen LogP contribution in [-0.2, 0) is 6.42 Å². The van der Waals surface area contributed by atoms with E-state index in [-0.39, 0.29) is 0 Å². The van der Waals surface area contributed by atoms with Gasteiger partial charge in [0.25, 0.3) is 0 Å². The molecule has 0 unspecified atom stereocenters. The van der Waals surface area contributed by atoms with Gasteiger partial charge in [-0.05, 0) is 44.0 Å². The van der Waals surface area contributed by atoms with E-state index >= 15 is 0 Å². The van der Waals surface area contributed by atoms with Crippen molar-refractivity contribution in [2.24, 2.45) is 0 Å². The Morgan fingerprint density at radius 1 is 1.41 bits per heavy atom. The van der Waals surface area contributed by atoms with Crippen molar-refractivity contribution >= 4 is 15.9 Å². The maximum absolute atomic E-state index is 4.54. The first-order valence-electron chi connectivity index (χ1n) is 5.63. The van der Waals surface area contributed by atoms with Gasteiger partial charge in [0, 0.05) is 10.2 Å². The molecule has 0 fully saturated rings. The van der Waals surface area contributed by atoms with Gasteiger partial charge in [-0.15, -0.1) is 6.58 Å². The third-order valence-electron chi connectivity index (χ3n) is 2.56. The molecule has 1 aromatic heterocycles. The second-order valence-corrected chi connectivity index (χ2v) is 4.91. The van der Waals surface area contributed by atoms with Crippen molar-refractivity contribution in [2.75, 3.05) is 0 Å². The molecule has 0 aliphatic carbocycles. The summed E-state index contributed by atoms with van der Waals surface area (Å²) in [5, 5.41) is 4.54. The highest BCUT2D eigenvalue weighted by molar-refractivity contribution is 9.10. The van der Waals surface area contributed by atoms with Gasteiger partial charge in [-0.25, -0.2) is 4.68 Å². The van der Waals surface area contributed by atoms with Gasteiger partial charge in [-0.3, -0.25) is 0 Å². The number of halogens is 1. The molecule has 0 aliphatic rings. The molecule has 0 spiro atoms. The zero-order valence-electron chi connectivity index (χ0n) is 9.86. The number of nitrogens with zero attached hydrogens (tertiary/aromatic N) is 2. The van der Waals surface area contributed by atoms with Crippen LogP contribution in [-0.4, -0.2) is 9.78 Å². The van der Waals surface area contributed by atoms with Crippen LogP contribution in [0.2, 0.25) is 0 Å². The number of benzene rings is 1. The fraction of sp³-hybridized carbons (Fsp3) is 0.214. The highest BCUT2D eigenvalue weighted by atomic mass is 79.9. The summed E-state index contributed by atoms with van der Waals surface area (Å²) in [4.78, 5) is 0. The largest absolute Gasteiger partial charge is 0.238 e. The van der Waals surface area contributed by atoms with E-state index in [1.807, 2.05) is 29.8 Å². The third-order valence-corrected chi connectivity index (χ3v) is 3.06. The van der Waals surface area contributed by atoms with E-state index in [2.05, 4.69) is 45.8 Å². The molecule has 0 bridgehead atoms. The molecule has 88 valence electrons. The molecule has 0 saturated carbocycles. The van der Waals surface area contributed by atoms with Crippen molar-refractivity contribution < 1.29 is 0 Å². The van der Waals surface area contributed by atoms with Crippen LogP contribution in [0.5, 0.6) is 0 Å². The first-order chi connectivity index (χ1) is 8.20. The molecule has 0 amide bonds. The summed E-state index contributed by atoms with van der Waals surface area (Å²) < 4.78 is 3.07. The van der Waals surface area contributed by atoms with Gasteiger partial charge in [0.2, 0.25) is 0 Å². The highest BCUT2D eigenvalue weighted by Gasteiger charge is 2.06.